The van der Waals surface area contributed by atoms with Gasteiger partial charge in [0, 0.05) is 11.1 Å². The Kier molecular flexibility index (Phi) is 6.49. The molecule has 1 atom stereocenters. The van der Waals surface area contributed by atoms with Crippen molar-refractivity contribution < 1.29 is 9.59 Å². The van der Waals surface area contributed by atoms with E-state index >= 15 is 0 Å². The van der Waals surface area contributed by atoms with E-state index in [0.29, 0.717) is 0 Å². The zero-order valence-electron chi connectivity index (χ0n) is 13.3. The van der Waals surface area contributed by atoms with Crippen LogP contribution in [0.1, 0.15) is 54.9 Å². The summed E-state index contributed by atoms with van der Waals surface area (Å²) in [6.07, 6.45) is 0.857. The summed E-state index contributed by atoms with van der Waals surface area (Å²) >= 11 is 0. The van der Waals surface area contributed by atoms with Crippen LogP contribution in [0.15, 0.2) is 0 Å². The number of nitrogens with one attached hydrogen (secondary N) is 3. The molecule has 3 N–H and O–H groups in total. The van der Waals surface area contributed by atoms with Gasteiger partial charge >= 0.3 is 0 Å². The van der Waals surface area contributed by atoms with Gasteiger partial charge in [-0.2, -0.15) is 0 Å². The molecule has 0 aromatic heterocycles. The fourth-order valence-corrected chi connectivity index (χ4v) is 1.33. The summed E-state index contributed by atoms with van der Waals surface area (Å²) in [5, 5.41) is 8.71. The minimum atomic E-state index is -0.392. The van der Waals surface area contributed by atoms with Crippen LogP contribution in [0.4, 0.5) is 0 Å². The molecule has 0 aromatic rings. The van der Waals surface area contributed by atoms with E-state index in [2.05, 4.69) is 16.0 Å². The second-order valence-electron chi connectivity index (χ2n) is 6.63. The highest BCUT2D eigenvalue weighted by Gasteiger charge is 2.22. The van der Waals surface area contributed by atoms with E-state index in [1.807, 2.05) is 41.5 Å². The van der Waals surface area contributed by atoms with Crippen LogP contribution in [-0.4, -0.2) is 35.5 Å². The summed E-state index contributed by atoms with van der Waals surface area (Å²) in [5.41, 5.74) is -0.477. The van der Waals surface area contributed by atoms with Gasteiger partial charge in [0.15, 0.2) is 0 Å². The molecule has 112 valence electrons. The fourth-order valence-electron chi connectivity index (χ4n) is 1.33. The fraction of sp³-hybridized carbons (Fsp3) is 0.857. The summed E-state index contributed by atoms with van der Waals surface area (Å²) in [5.74, 6) is -0.197. The summed E-state index contributed by atoms with van der Waals surface area (Å²) in [6, 6.07) is -0.392. The van der Waals surface area contributed by atoms with Gasteiger partial charge in [0.05, 0.1) is 12.6 Å². The maximum atomic E-state index is 11.9. The van der Waals surface area contributed by atoms with Gasteiger partial charge in [0.2, 0.25) is 11.8 Å². The monoisotopic (exact) mass is 271 g/mol. The van der Waals surface area contributed by atoms with Crippen LogP contribution in [0.5, 0.6) is 0 Å². The molecule has 0 fully saturated rings. The third-order valence-electron chi connectivity index (χ3n) is 2.82. The summed E-state index contributed by atoms with van der Waals surface area (Å²) in [4.78, 5) is 23.5. The van der Waals surface area contributed by atoms with Crippen molar-refractivity contribution in [2.45, 2.75) is 72.0 Å². The van der Waals surface area contributed by atoms with Crippen LogP contribution in [0.25, 0.3) is 0 Å². The van der Waals surface area contributed by atoms with Crippen LogP contribution in [0.3, 0.4) is 0 Å². The van der Waals surface area contributed by atoms with Gasteiger partial charge < -0.3 is 10.6 Å². The highest BCUT2D eigenvalue weighted by molar-refractivity contribution is 5.83. The Morgan fingerprint density at radius 1 is 1.05 bits per heavy atom. The molecule has 0 aromatic carbocycles. The highest BCUT2D eigenvalue weighted by Crippen LogP contribution is 2.06. The lowest BCUT2D eigenvalue weighted by molar-refractivity contribution is -0.125. The molecule has 0 saturated heterocycles. The van der Waals surface area contributed by atoms with Gasteiger partial charge in [-0.3, -0.25) is 14.9 Å². The standard InChI is InChI=1S/C14H29N3O2/c1-8-14(6,7)17-12(19)10(2)15-9-11(18)16-13(3,4)5/h10,15H,8-9H2,1-7H3,(H,16,18)(H,17,19). The lowest BCUT2D eigenvalue weighted by Crippen LogP contribution is -2.53. The van der Waals surface area contributed by atoms with E-state index in [9.17, 15) is 9.59 Å². The topological polar surface area (TPSA) is 70.2 Å². The molecule has 0 saturated carbocycles. The Labute approximate surface area is 116 Å². The van der Waals surface area contributed by atoms with Crippen LogP contribution in [0, 0.1) is 0 Å². The lowest BCUT2D eigenvalue weighted by Gasteiger charge is -2.27. The van der Waals surface area contributed by atoms with E-state index in [-0.39, 0.29) is 29.4 Å². The Hall–Kier alpha value is -1.10. The number of carbonyl (C=O) groups excluding carboxylic acids is 2. The summed E-state index contributed by atoms with van der Waals surface area (Å²) < 4.78 is 0. The molecule has 0 spiro atoms. The van der Waals surface area contributed by atoms with Crippen LogP contribution in [0.2, 0.25) is 0 Å². The molecule has 5 heteroatoms. The zero-order valence-corrected chi connectivity index (χ0v) is 13.3. The Morgan fingerprint density at radius 3 is 2.00 bits per heavy atom. The smallest absolute Gasteiger partial charge is 0.237 e. The van der Waals surface area contributed by atoms with Gasteiger partial charge in [-0.05, 0) is 48.0 Å². The van der Waals surface area contributed by atoms with Gasteiger partial charge in [0.25, 0.3) is 0 Å². The Morgan fingerprint density at radius 2 is 1.58 bits per heavy atom. The average Bonchev–Trinajstić information content (AvgIpc) is 2.22. The minimum Gasteiger partial charge on any atom is -0.350 e. The first kappa shape index (κ1) is 17.9. The van der Waals surface area contributed by atoms with Gasteiger partial charge in [-0.15, -0.1) is 0 Å². The summed E-state index contributed by atoms with van der Waals surface area (Å²) in [6.45, 7) is 13.6. The van der Waals surface area contributed by atoms with Crippen LogP contribution >= 0.6 is 0 Å². The summed E-state index contributed by atoms with van der Waals surface area (Å²) in [7, 11) is 0. The van der Waals surface area contributed by atoms with Crippen molar-refractivity contribution in [3.05, 3.63) is 0 Å². The Bertz CT molecular complexity index is 319. The Balaban J connectivity index is 4.15. The molecule has 0 heterocycles. The predicted octanol–water partition coefficient (Wildman–Crippen LogP) is 1.18. The SMILES string of the molecule is CCC(C)(C)NC(=O)C(C)NCC(=O)NC(C)(C)C. The van der Waals surface area contributed by atoms with Crippen molar-refractivity contribution in [3.8, 4) is 0 Å². The molecule has 0 aliphatic heterocycles. The van der Waals surface area contributed by atoms with Gasteiger partial charge in [0.1, 0.15) is 0 Å². The molecule has 0 aliphatic rings. The minimum absolute atomic E-state index is 0.0876. The molecule has 0 rings (SSSR count). The molecule has 0 aliphatic carbocycles. The second kappa shape index (κ2) is 6.89. The molecule has 0 bridgehead atoms. The van der Waals surface area contributed by atoms with Gasteiger partial charge in [-0.1, -0.05) is 6.92 Å². The number of rotatable bonds is 6. The largest absolute Gasteiger partial charge is 0.350 e. The van der Waals surface area contributed by atoms with E-state index in [4.69, 9.17) is 0 Å². The maximum Gasteiger partial charge on any atom is 0.237 e. The maximum absolute atomic E-state index is 11.9. The third-order valence-corrected chi connectivity index (χ3v) is 2.82. The quantitative estimate of drug-likeness (QED) is 0.679. The first-order valence-electron chi connectivity index (χ1n) is 6.83. The van der Waals surface area contributed by atoms with Crippen molar-refractivity contribution in [2.24, 2.45) is 0 Å². The van der Waals surface area contributed by atoms with E-state index in [1.54, 1.807) is 6.92 Å². The van der Waals surface area contributed by atoms with Crippen LogP contribution in [-0.2, 0) is 9.59 Å². The number of hydrogen-bond donors (Lipinski definition) is 3. The first-order chi connectivity index (χ1) is 8.47. The van der Waals surface area contributed by atoms with Crippen molar-refractivity contribution in [1.82, 2.24) is 16.0 Å². The number of carbonyl (C=O) groups is 2. The molecular formula is C14H29N3O2. The lowest BCUT2D eigenvalue weighted by atomic mass is 10.0. The zero-order chi connectivity index (χ0) is 15.3. The number of amides is 2. The van der Waals surface area contributed by atoms with Crippen molar-refractivity contribution in [1.29, 1.82) is 0 Å². The van der Waals surface area contributed by atoms with E-state index < -0.39 is 6.04 Å². The molecule has 1 unspecified atom stereocenters. The highest BCUT2D eigenvalue weighted by atomic mass is 16.2. The molecule has 5 nitrogen and oxygen atoms in total. The van der Waals surface area contributed by atoms with Crippen LogP contribution < -0.4 is 16.0 Å². The van der Waals surface area contributed by atoms with E-state index in [1.165, 1.54) is 0 Å². The van der Waals surface area contributed by atoms with Crippen molar-refractivity contribution in [3.63, 3.8) is 0 Å². The molecule has 2 amide bonds. The number of hydrogen-bond acceptors (Lipinski definition) is 3. The molecule has 19 heavy (non-hydrogen) atoms. The first-order valence-corrected chi connectivity index (χ1v) is 6.83. The molecule has 0 radical (unpaired) electrons. The van der Waals surface area contributed by atoms with Gasteiger partial charge in [-0.25, -0.2) is 0 Å². The van der Waals surface area contributed by atoms with Crippen molar-refractivity contribution in [2.75, 3.05) is 6.54 Å². The third kappa shape index (κ3) is 8.59. The predicted molar refractivity (Wildman–Crippen MR) is 77.9 cm³/mol. The van der Waals surface area contributed by atoms with E-state index in [0.717, 1.165) is 6.42 Å². The molecular weight excluding hydrogens is 242 g/mol. The normalized spacial score (nSPS) is 13.8. The average molecular weight is 271 g/mol. The van der Waals surface area contributed by atoms with Crippen molar-refractivity contribution >= 4 is 11.8 Å². The second-order valence-corrected chi connectivity index (χ2v) is 6.63.